The summed E-state index contributed by atoms with van der Waals surface area (Å²) in [4.78, 5) is 30.7. The number of rotatable bonds is 4. The Morgan fingerprint density at radius 2 is 1.93 bits per heavy atom. The van der Waals surface area contributed by atoms with Gasteiger partial charge in [0.1, 0.15) is 5.82 Å². The van der Waals surface area contributed by atoms with E-state index in [4.69, 9.17) is 4.52 Å². The fourth-order valence-corrected chi connectivity index (χ4v) is 3.86. The zero-order valence-corrected chi connectivity index (χ0v) is 15.5. The molecule has 1 aliphatic heterocycles. The minimum absolute atomic E-state index is 0.175. The highest BCUT2D eigenvalue weighted by Crippen LogP contribution is 2.43. The molecule has 1 saturated heterocycles. The number of aromatic nitrogens is 2. The summed E-state index contributed by atoms with van der Waals surface area (Å²) in [5, 5.41) is 14.0. The van der Waals surface area contributed by atoms with Crippen molar-refractivity contribution in [3.05, 3.63) is 47.4 Å². The van der Waals surface area contributed by atoms with E-state index in [0.29, 0.717) is 35.2 Å². The number of likely N-dealkylation sites (tertiary alicyclic amines) is 1. The van der Waals surface area contributed by atoms with Crippen LogP contribution < -0.4 is 0 Å². The summed E-state index contributed by atoms with van der Waals surface area (Å²) in [6.07, 6.45) is 2.40. The third-order valence-corrected chi connectivity index (χ3v) is 5.63. The SMILES string of the molecule is O=C(O)C1CCN(C(=O)c2cc(-c3ccc(F)cc3)nc3onc(C4CC4)c23)C1. The molecule has 1 amide bonds. The van der Waals surface area contributed by atoms with Crippen molar-refractivity contribution in [2.24, 2.45) is 5.92 Å². The second-order valence-corrected chi connectivity index (χ2v) is 7.66. The van der Waals surface area contributed by atoms with Gasteiger partial charge in [0.15, 0.2) is 0 Å². The summed E-state index contributed by atoms with van der Waals surface area (Å²) in [5.41, 5.74) is 2.54. The van der Waals surface area contributed by atoms with Gasteiger partial charge in [-0.3, -0.25) is 9.59 Å². The number of carbonyl (C=O) groups excluding carboxylic acids is 1. The van der Waals surface area contributed by atoms with Crippen LogP contribution in [0.25, 0.3) is 22.4 Å². The topological polar surface area (TPSA) is 96.5 Å². The largest absolute Gasteiger partial charge is 0.481 e. The number of fused-ring (bicyclic) bond motifs is 1. The monoisotopic (exact) mass is 395 g/mol. The van der Waals surface area contributed by atoms with E-state index in [2.05, 4.69) is 10.1 Å². The van der Waals surface area contributed by atoms with E-state index in [9.17, 15) is 19.1 Å². The molecule has 1 aromatic carbocycles. The lowest BCUT2D eigenvalue weighted by molar-refractivity contribution is -0.141. The molecule has 3 aromatic rings. The molecule has 2 aliphatic rings. The lowest BCUT2D eigenvalue weighted by Crippen LogP contribution is -2.30. The molecule has 1 saturated carbocycles. The van der Waals surface area contributed by atoms with Gasteiger partial charge in [-0.2, -0.15) is 0 Å². The van der Waals surface area contributed by atoms with E-state index in [-0.39, 0.29) is 29.9 Å². The van der Waals surface area contributed by atoms with Gasteiger partial charge in [0.05, 0.1) is 28.3 Å². The van der Waals surface area contributed by atoms with Crippen molar-refractivity contribution < 1.29 is 23.6 Å². The zero-order valence-electron chi connectivity index (χ0n) is 15.5. The number of carboxylic acids is 1. The van der Waals surface area contributed by atoms with Gasteiger partial charge in [-0.05, 0) is 49.6 Å². The summed E-state index contributed by atoms with van der Waals surface area (Å²) in [5.74, 6) is -1.81. The Bertz CT molecular complexity index is 1120. The second-order valence-electron chi connectivity index (χ2n) is 7.66. The first kappa shape index (κ1) is 17.8. The Labute approximate surface area is 165 Å². The molecule has 7 nitrogen and oxygen atoms in total. The number of pyridine rings is 1. The molecule has 0 bridgehead atoms. The maximum atomic E-state index is 13.3. The van der Waals surface area contributed by atoms with Crippen LogP contribution in [-0.2, 0) is 4.79 Å². The molecule has 2 fully saturated rings. The number of carboxylic acid groups (broad SMARTS) is 1. The second kappa shape index (κ2) is 6.65. The van der Waals surface area contributed by atoms with Crippen molar-refractivity contribution in [3.8, 4) is 11.3 Å². The first-order valence-electron chi connectivity index (χ1n) is 9.59. The summed E-state index contributed by atoms with van der Waals surface area (Å²) in [6.45, 7) is 0.559. The number of benzene rings is 1. The molecule has 8 heteroatoms. The minimum Gasteiger partial charge on any atom is -0.481 e. The smallest absolute Gasteiger partial charge is 0.308 e. The average molecular weight is 395 g/mol. The van der Waals surface area contributed by atoms with Gasteiger partial charge in [-0.1, -0.05) is 5.16 Å². The van der Waals surface area contributed by atoms with Crippen LogP contribution in [0.5, 0.6) is 0 Å². The maximum Gasteiger partial charge on any atom is 0.308 e. The Morgan fingerprint density at radius 1 is 1.17 bits per heavy atom. The van der Waals surface area contributed by atoms with Crippen molar-refractivity contribution in [2.75, 3.05) is 13.1 Å². The van der Waals surface area contributed by atoms with Crippen molar-refractivity contribution in [1.29, 1.82) is 0 Å². The van der Waals surface area contributed by atoms with Crippen LogP contribution in [-0.4, -0.2) is 45.1 Å². The van der Waals surface area contributed by atoms with Gasteiger partial charge in [0, 0.05) is 24.6 Å². The average Bonchev–Trinajstić information content (AvgIpc) is 3.27. The first-order valence-corrected chi connectivity index (χ1v) is 9.59. The van der Waals surface area contributed by atoms with E-state index < -0.39 is 11.9 Å². The van der Waals surface area contributed by atoms with E-state index in [1.807, 2.05) is 0 Å². The summed E-state index contributed by atoms with van der Waals surface area (Å²) < 4.78 is 18.8. The van der Waals surface area contributed by atoms with E-state index in [1.165, 1.54) is 12.1 Å². The molecule has 1 unspecified atom stereocenters. The van der Waals surface area contributed by atoms with E-state index in [1.54, 1.807) is 23.1 Å². The van der Waals surface area contributed by atoms with Crippen LogP contribution in [0.15, 0.2) is 34.9 Å². The molecule has 3 heterocycles. The lowest BCUT2D eigenvalue weighted by atomic mass is 10.0. The molecule has 0 radical (unpaired) electrons. The van der Waals surface area contributed by atoms with Gasteiger partial charge in [-0.25, -0.2) is 9.37 Å². The highest BCUT2D eigenvalue weighted by Gasteiger charge is 2.36. The number of amides is 1. The maximum absolute atomic E-state index is 13.3. The highest BCUT2D eigenvalue weighted by atomic mass is 19.1. The number of hydrogen-bond acceptors (Lipinski definition) is 5. The van der Waals surface area contributed by atoms with E-state index >= 15 is 0 Å². The summed E-state index contributed by atoms with van der Waals surface area (Å²) in [7, 11) is 0. The van der Waals surface area contributed by atoms with Crippen LogP contribution in [0, 0.1) is 11.7 Å². The number of aliphatic carboxylic acids is 1. The third-order valence-electron chi connectivity index (χ3n) is 5.63. The molecule has 2 aromatic heterocycles. The van der Waals surface area contributed by atoms with Crippen LogP contribution in [0.4, 0.5) is 4.39 Å². The van der Waals surface area contributed by atoms with Gasteiger partial charge < -0.3 is 14.5 Å². The number of halogens is 1. The van der Waals surface area contributed by atoms with Crippen LogP contribution in [0.2, 0.25) is 0 Å². The molecule has 0 spiro atoms. The Morgan fingerprint density at radius 3 is 2.59 bits per heavy atom. The standard InChI is InChI=1S/C21H18FN3O4/c22-14-5-3-11(4-6-14)16-9-15(20(26)25-8-7-13(10-25)21(27)28)17-18(12-1-2-12)24-29-19(17)23-16/h3-6,9,12-13H,1-2,7-8,10H2,(H,27,28). The molecule has 5 rings (SSSR count). The van der Waals surface area contributed by atoms with Crippen molar-refractivity contribution in [2.45, 2.75) is 25.2 Å². The summed E-state index contributed by atoms with van der Waals surface area (Å²) in [6, 6.07) is 7.51. The molecular weight excluding hydrogens is 377 g/mol. The van der Waals surface area contributed by atoms with Gasteiger partial charge in [0.2, 0.25) is 0 Å². The molecule has 1 N–H and O–H groups in total. The molecule has 1 atom stereocenters. The number of hydrogen-bond donors (Lipinski definition) is 1. The van der Waals surface area contributed by atoms with Crippen molar-refractivity contribution in [1.82, 2.24) is 15.0 Å². The van der Waals surface area contributed by atoms with Crippen molar-refractivity contribution >= 4 is 23.0 Å². The lowest BCUT2D eigenvalue weighted by Gasteiger charge is -2.17. The quantitative estimate of drug-likeness (QED) is 0.727. The Hall–Kier alpha value is -3.29. The van der Waals surface area contributed by atoms with Gasteiger partial charge >= 0.3 is 5.97 Å². The first-order chi connectivity index (χ1) is 14.0. The normalized spacial score (nSPS) is 19.1. The number of carbonyl (C=O) groups is 2. The zero-order chi connectivity index (χ0) is 20.1. The fourth-order valence-electron chi connectivity index (χ4n) is 3.86. The molecule has 148 valence electrons. The number of nitrogens with zero attached hydrogens (tertiary/aromatic N) is 3. The molecular formula is C21H18FN3O4. The molecule has 1 aliphatic carbocycles. The fraction of sp³-hybridized carbons (Fsp3) is 0.333. The predicted octanol–water partition coefficient (Wildman–Crippen LogP) is 3.45. The van der Waals surface area contributed by atoms with Crippen molar-refractivity contribution in [3.63, 3.8) is 0 Å². The minimum atomic E-state index is -0.893. The summed E-state index contributed by atoms with van der Waals surface area (Å²) >= 11 is 0. The van der Waals surface area contributed by atoms with Crippen LogP contribution >= 0.6 is 0 Å². The van der Waals surface area contributed by atoms with E-state index in [0.717, 1.165) is 18.5 Å². The third kappa shape index (κ3) is 3.14. The van der Waals surface area contributed by atoms with Gasteiger partial charge in [-0.15, -0.1) is 0 Å². The van der Waals surface area contributed by atoms with Crippen LogP contribution in [0.3, 0.4) is 0 Å². The highest BCUT2D eigenvalue weighted by molar-refractivity contribution is 6.07. The Balaban J connectivity index is 1.61. The molecule has 29 heavy (non-hydrogen) atoms. The predicted molar refractivity (Wildman–Crippen MR) is 101 cm³/mol. The Kier molecular flexibility index (Phi) is 4.08. The van der Waals surface area contributed by atoms with Crippen LogP contribution in [0.1, 0.15) is 41.2 Å². The van der Waals surface area contributed by atoms with Gasteiger partial charge in [0.25, 0.3) is 11.6 Å².